The number of terminal acetylenes is 1. The van der Waals surface area contributed by atoms with Crippen LogP contribution in [0.25, 0.3) is 11.2 Å². The number of amides is 1. The lowest BCUT2D eigenvalue weighted by Gasteiger charge is -2.17. The lowest BCUT2D eigenvalue weighted by molar-refractivity contribution is -0.128. The number of nitrogens with one attached hydrogen (secondary N) is 1. The van der Waals surface area contributed by atoms with Gasteiger partial charge in [-0.3, -0.25) is 4.79 Å². The van der Waals surface area contributed by atoms with Gasteiger partial charge in [0, 0.05) is 35.0 Å². The second-order valence-electron chi connectivity index (χ2n) is 8.28. The number of hydrogen-bond acceptors (Lipinski definition) is 8. The predicted molar refractivity (Wildman–Crippen MR) is 121 cm³/mol. The SMILES string of the molecule is C#Cc1cc2c(cc1Sc1nc3c(N)ncnc3n1CCCNC(=O)C(C)(C)C)OCO2. The van der Waals surface area contributed by atoms with Gasteiger partial charge in [0.05, 0.1) is 0 Å². The molecule has 3 heterocycles. The Kier molecular flexibility index (Phi) is 5.84. The molecule has 1 aliphatic heterocycles. The number of ether oxygens (including phenoxy) is 2. The zero-order valence-electron chi connectivity index (χ0n) is 18.1. The van der Waals surface area contributed by atoms with Crippen LogP contribution in [-0.4, -0.2) is 38.8 Å². The molecule has 0 radical (unpaired) electrons. The van der Waals surface area contributed by atoms with Crippen LogP contribution in [0.2, 0.25) is 0 Å². The molecular weight excluding hydrogens is 428 g/mol. The molecule has 32 heavy (non-hydrogen) atoms. The van der Waals surface area contributed by atoms with E-state index in [0.717, 1.165) is 4.90 Å². The van der Waals surface area contributed by atoms with Crippen LogP contribution in [-0.2, 0) is 11.3 Å². The monoisotopic (exact) mass is 452 g/mol. The Hall–Kier alpha value is -3.45. The molecule has 3 aromatic rings. The average molecular weight is 453 g/mol. The normalized spacial score (nSPS) is 12.7. The fourth-order valence-electron chi connectivity index (χ4n) is 3.14. The van der Waals surface area contributed by atoms with Gasteiger partial charge in [-0.1, -0.05) is 38.5 Å². The molecule has 0 saturated carbocycles. The first-order valence-electron chi connectivity index (χ1n) is 10.1. The van der Waals surface area contributed by atoms with Crippen LogP contribution >= 0.6 is 11.8 Å². The van der Waals surface area contributed by atoms with Crippen LogP contribution in [0.3, 0.4) is 0 Å². The van der Waals surface area contributed by atoms with Gasteiger partial charge in [0.15, 0.2) is 33.6 Å². The highest BCUT2D eigenvalue weighted by atomic mass is 32.2. The highest BCUT2D eigenvalue weighted by molar-refractivity contribution is 7.99. The smallest absolute Gasteiger partial charge is 0.231 e. The maximum absolute atomic E-state index is 12.1. The maximum Gasteiger partial charge on any atom is 0.231 e. The molecule has 0 bridgehead atoms. The van der Waals surface area contributed by atoms with E-state index >= 15 is 0 Å². The summed E-state index contributed by atoms with van der Waals surface area (Å²) < 4.78 is 12.9. The number of benzene rings is 1. The summed E-state index contributed by atoms with van der Waals surface area (Å²) in [5.74, 6) is 4.27. The van der Waals surface area contributed by atoms with Crippen LogP contribution in [0.15, 0.2) is 28.5 Å². The third-order valence-corrected chi connectivity index (χ3v) is 5.93. The molecule has 9 nitrogen and oxygen atoms in total. The first-order valence-corrected chi connectivity index (χ1v) is 10.9. The summed E-state index contributed by atoms with van der Waals surface area (Å²) in [5, 5.41) is 3.64. The Morgan fingerprint density at radius 1 is 1.31 bits per heavy atom. The molecule has 0 fully saturated rings. The number of fused-ring (bicyclic) bond motifs is 2. The Bertz CT molecular complexity index is 1230. The van der Waals surface area contributed by atoms with E-state index in [-0.39, 0.29) is 12.7 Å². The third-order valence-electron chi connectivity index (χ3n) is 4.88. The van der Waals surface area contributed by atoms with Crippen LogP contribution in [0, 0.1) is 17.8 Å². The Morgan fingerprint density at radius 3 is 2.78 bits per heavy atom. The lowest BCUT2D eigenvalue weighted by Crippen LogP contribution is -2.35. The maximum atomic E-state index is 12.1. The van der Waals surface area contributed by atoms with Crippen molar-refractivity contribution in [2.24, 2.45) is 5.41 Å². The lowest BCUT2D eigenvalue weighted by atomic mass is 9.96. The fourth-order valence-corrected chi connectivity index (χ4v) is 4.15. The molecular formula is C22H24N6O3S. The van der Waals surface area contributed by atoms with Crippen molar-refractivity contribution in [1.29, 1.82) is 0 Å². The molecule has 1 aliphatic rings. The molecule has 2 aromatic heterocycles. The molecule has 1 aromatic carbocycles. The molecule has 1 amide bonds. The van der Waals surface area contributed by atoms with Crippen LogP contribution in [0.1, 0.15) is 32.8 Å². The van der Waals surface area contributed by atoms with Gasteiger partial charge >= 0.3 is 0 Å². The standard InChI is InChI=1S/C22H24N6O3S/c1-5-13-9-14-15(31-12-30-14)10-16(13)32-21-27-17-18(23)25-11-26-19(17)28(21)8-6-7-24-20(29)22(2,3)4/h1,9-11H,6-8,12H2,2-4H3,(H,24,29)(H2,23,25,26). The van der Waals surface area contributed by atoms with Crippen molar-refractivity contribution in [2.45, 2.75) is 43.8 Å². The van der Waals surface area contributed by atoms with Crippen molar-refractivity contribution in [2.75, 3.05) is 19.1 Å². The zero-order valence-corrected chi connectivity index (χ0v) is 19.0. The van der Waals surface area contributed by atoms with Crippen LogP contribution in [0.5, 0.6) is 11.5 Å². The van der Waals surface area contributed by atoms with Crippen molar-refractivity contribution in [1.82, 2.24) is 24.8 Å². The summed E-state index contributed by atoms with van der Waals surface area (Å²) in [7, 11) is 0. The van der Waals surface area contributed by atoms with Gasteiger partial charge in [-0.05, 0) is 12.5 Å². The molecule has 0 saturated heterocycles. The minimum absolute atomic E-state index is 0.00757. The van der Waals surface area contributed by atoms with E-state index < -0.39 is 5.41 Å². The number of imidazole rings is 1. The second kappa shape index (κ2) is 8.59. The van der Waals surface area contributed by atoms with Crippen LogP contribution < -0.4 is 20.5 Å². The number of nitrogens with two attached hydrogens (primary N) is 1. The Balaban J connectivity index is 1.61. The number of nitrogens with zero attached hydrogens (tertiary/aromatic N) is 4. The van der Waals surface area contributed by atoms with E-state index in [9.17, 15) is 4.79 Å². The van der Waals surface area contributed by atoms with Crippen molar-refractivity contribution in [3.8, 4) is 23.8 Å². The van der Waals surface area contributed by atoms with E-state index in [0.29, 0.717) is 58.7 Å². The van der Waals surface area contributed by atoms with Crippen molar-refractivity contribution < 1.29 is 14.3 Å². The van der Waals surface area contributed by atoms with E-state index in [1.165, 1.54) is 18.1 Å². The molecule has 0 spiro atoms. The summed E-state index contributed by atoms with van der Waals surface area (Å²) in [5.41, 5.74) is 7.44. The van der Waals surface area contributed by atoms with Gasteiger partial charge in [0.1, 0.15) is 6.33 Å². The van der Waals surface area contributed by atoms with Crippen LogP contribution in [0.4, 0.5) is 5.82 Å². The van der Waals surface area contributed by atoms with Crippen molar-refractivity contribution in [3.63, 3.8) is 0 Å². The first-order chi connectivity index (χ1) is 15.3. The largest absolute Gasteiger partial charge is 0.454 e. The number of anilines is 1. The molecule has 0 atom stereocenters. The van der Waals surface area contributed by atoms with Gasteiger partial charge in [-0.2, -0.15) is 0 Å². The van der Waals surface area contributed by atoms with Crippen molar-refractivity contribution in [3.05, 3.63) is 24.0 Å². The second-order valence-corrected chi connectivity index (χ2v) is 9.29. The summed E-state index contributed by atoms with van der Waals surface area (Å²) in [4.78, 5) is 26.1. The third kappa shape index (κ3) is 4.29. The van der Waals surface area contributed by atoms with E-state index in [1.54, 1.807) is 6.07 Å². The average Bonchev–Trinajstić information content (AvgIpc) is 3.34. The minimum atomic E-state index is -0.435. The Labute approximate surface area is 190 Å². The summed E-state index contributed by atoms with van der Waals surface area (Å²) in [6, 6.07) is 3.64. The molecule has 10 heteroatoms. The van der Waals surface area contributed by atoms with Gasteiger partial charge in [0.25, 0.3) is 0 Å². The number of aromatic nitrogens is 4. The number of nitrogen functional groups attached to an aromatic ring is 1. The summed E-state index contributed by atoms with van der Waals surface area (Å²) in [6.45, 7) is 6.92. The minimum Gasteiger partial charge on any atom is -0.454 e. The summed E-state index contributed by atoms with van der Waals surface area (Å²) in [6.07, 6.45) is 7.83. The van der Waals surface area contributed by atoms with Gasteiger partial charge in [-0.25, -0.2) is 15.0 Å². The number of carbonyl (C=O) groups is 1. The van der Waals surface area contributed by atoms with Gasteiger partial charge in [-0.15, -0.1) is 6.42 Å². The molecule has 0 unspecified atom stereocenters. The van der Waals surface area contributed by atoms with E-state index in [1.807, 2.05) is 31.4 Å². The number of carbonyl (C=O) groups excluding carboxylic acids is 1. The van der Waals surface area contributed by atoms with E-state index in [4.69, 9.17) is 21.6 Å². The van der Waals surface area contributed by atoms with Crippen molar-refractivity contribution >= 4 is 34.7 Å². The van der Waals surface area contributed by atoms with E-state index in [2.05, 4.69) is 26.2 Å². The summed E-state index contributed by atoms with van der Waals surface area (Å²) >= 11 is 1.40. The predicted octanol–water partition coefficient (Wildman–Crippen LogP) is 2.82. The number of aryl methyl sites for hydroxylation is 1. The topological polar surface area (TPSA) is 117 Å². The molecule has 166 valence electrons. The number of hydrogen-bond donors (Lipinski definition) is 2. The van der Waals surface area contributed by atoms with Gasteiger partial charge in [0.2, 0.25) is 12.7 Å². The fraction of sp³-hybridized carbons (Fsp3) is 0.364. The quantitative estimate of drug-likeness (QED) is 0.433. The first kappa shape index (κ1) is 21.8. The molecule has 3 N–H and O–H groups in total. The highest BCUT2D eigenvalue weighted by Gasteiger charge is 2.22. The van der Waals surface area contributed by atoms with Gasteiger partial charge < -0.3 is 25.1 Å². The molecule has 0 aliphatic carbocycles. The molecule has 4 rings (SSSR count). The number of rotatable bonds is 6. The zero-order chi connectivity index (χ0) is 22.9. The highest BCUT2D eigenvalue weighted by Crippen LogP contribution is 2.41. The Morgan fingerprint density at radius 2 is 2.06 bits per heavy atom.